The number of hydrogen-bond acceptors (Lipinski definition) is 3. The SMILES string of the molecule is Cc1ccsc1/C=N\NC(=O)C1CC1. The summed E-state index contributed by atoms with van der Waals surface area (Å²) in [5.41, 5.74) is 3.74. The normalized spacial score (nSPS) is 16.1. The summed E-state index contributed by atoms with van der Waals surface area (Å²) in [6, 6.07) is 2.04. The van der Waals surface area contributed by atoms with Crippen molar-refractivity contribution in [2.45, 2.75) is 19.8 Å². The molecule has 0 radical (unpaired) electrons. The highest BCUT2D eigenvalue weighted by Gasteiger charge is 2.29. The lowest BCUT2D eigenvalue weighted by Gasteiger charge is -1.94. The van der Waals surface area contributed by atoms with Gasteiger partial charge >= 0.3 is 0 Å². The molecule has 1 aromatic rings. The summed E-state index contributed by atoms with van der Waals surface area (Å²) in [6.45, 7) is 2.03. The van der Waals surface area contributed by atoms with Gasteiger partial charge in [-0.15, -0.1) is 11.3 Å². The van der Waals surface area contributed by atoms with E-state index in [1.807, 2.05) is 18.4 Å². The van der Waals surface area contributed by atoms with Gasteiger partial charge in [0.1, 0.15) is 0 Å². The molecule has 1 aliphatic carbocycles. The number of thiophene rings is 1. The second-order valence-corrected chi connectivity index (χ2v) is 4.42. The van der Waals surface area contributed by atoms with Crippen molar-refractivity contribution in [1.29, 1.82) is 0 Å². The molecule has 1 heterocycles. The molecule has 1 fully saturated rings. The molecule has 0 unspecified atom stereocenters. The van der Waals surface area contributed by atoms with Crippen molar-refractivity contribution >= 4 is 23.5 Å². The molecule has 1 amide bonds. The largest absolute Gasteiger partial charge is 0.273 e. The second-order valence-electron chi connectivity index (χ2n) is 3.48. The van der Waals surface area contributed by atoms with Crippen LogP contribution in [0.15, 0.2) is 16.5 Å². The van der Waals surface area contributed by atoms with Crippen molar-refractivity contribution in [2.75, 3.05) is 0 Å². The van der Waals surface area contributed by atoms with Gasteiger partial charge in [-0.25, -0.2) is 5.43 Å². The van der Waals surface area contributed by atoms with Gasteiger partial charge in [0, 0.05) is 10.8 Å². The first kappa shape index (κ1) is 9.40. The summed E-state index contributed by atoms with van der Waals surface area (Å²) >= 11 is 1.62. The fourth-order valence-corrected chi connectivity index (χ4v) is 1.89. The van der Waals surface area contributed by atoms with E-state index < -0.39 is 0 Å². The summed E-state index contributed by atoms with van der Waals surface area (Å²) in [5.74, 6) is 0.270. The van der Waals surface area contributed by atoms with Crippen molar-refractivity contribution in [3.8, 4) is 0 Å². The van der Waals surface area contributed by atoms with E-state index in [4.69, 9.17) is 0 Å². The molecule has 4 heteroatoms. The summed E-state index contributed by atoms with van der Waals surface area (Å²) in [4.78, 5) is 12.3. The predicted octanol–water partition coefficient (Wildman–Crippen LogP) is 1.92. The number of carbonyl (C=O) groups is 1. The Bertz CT molecular complexity index is 366. The Morgan fingerprint density at radius 1 is 1.71 bits per heavy atom. The Morgan fingerprint density at radius 2 is 2.50 bits per heavy atom. The van der Waals surface area contributed by atoms with Crippen LogP contribution in [0.3, 0.4) is 0 Å². The van der Waals surface area contributed by atoms with Crippen LogP contribution in [0.1, 0.15) is 23.3 Å². The molecule has 1 saturated carbocycles. The van der Waals surface area contributed by atoms with Crippen LogP contribution in [0.4, 0.5) is 0 Å². The Labute approximate surface area is 86.8 Å². The zero-order chi connectivity index (χ0) is 9.97. The van der Waals surface area contributed by atoms with E-state index in [0.29, 0.717) is 0 Å². The predicted molar refractivity (Wildman–Crippen MR) is 57.5 cm³/mol. The molecule has 0 spiro atoms. The fourth-order valence-electron chi connectivity index (χ4n) is 1.11. The van der Waals surface area contributed by atoms with E-state index in [-0.39, 0.29) is 11.8 Å². The minimum absolute atomic E-state index is 0.0514. The van der Waals surface area contributed by atoms with Crippen molar-refractivity contribution in [2.24, 2.45) is 11.0 Å². The molecule has 0 aliphatic heterocycles. The lowest BCUT2D eigenvalue weighted by atomic mass is 10.3. The average molecular weight is 208 g/mol. The highest BCUT2D eigenvalue weighted by atomic mass is 32.1. The van der Waals surface area contributed by atoms with Crippen molar-refractivity contribution in [1.82, 2.24) is 5.43 Å². The van der Waals surface area contributed by atoms with Crippen LogP contribution in [-0.4, -0.2) is 12.1 Å². The van der Waals surface area contributed by atoms with E-state index in [0.717, 1.165) is 17.7 Å². The van der Waals surface area contributed by atoms with Crippen LogP contribution >= 0.6 is 11.3 Å². The second kappa shape index (κ2) is 3.92. The molecular weight excluding hydrogens is 196 g/mol. The molecule has 0 bridgehead atoms. The summed E-state index contributed by atoms with van der Waals surface area (Å²) < 4.78 is 0. The van der Waals surface area contributed by atoms with Gasteiger partial charge in [-0.1, -0.05) is 0 Å². The van der Waals surface area contributed by atoms with Gasteiger partial charge in [0.2, 0.25) is 5.91 Å². The van der Waals surface area contributed by atoms with Gasteiger partial charge in [0.05, 0.1) is 6.21 Å². The molecule has 2 rings (SSSR count). The Morgan fingerprint density at radius 3 is 3.07 bits per heavy atom. The van der Waals surface area contributed by atoms with E-state index in [2.05, 4.69) is 10.5 Å². The summed E-state index contributed by atoms with van der Waals surface area (Å²) in [5, 5.41) is 5.94. The van der Waals surface area contributed by atoms with E-state index in [9.17, 15) is 4.79 Å². The number of amides is 1. The first-order chi connectivity index (χ1) is 6.77. The molecule has 3 nitrogen and oxygen atoms in total. The maximum Gasteiger partial charge on any atom is 0.243 e. The number of carbonyl (C=O) groups excluding carboxylic acids is 1. The van der Waals surface area contributed by atoms with Crippen LogP contribution in [0.2, 0.25) is 0 Å². The molecule has 0 saturated heterocycles. The molecule has 0 aromatic carbocycles. The smallest absolute Gasteiger partial charge is 0.243 e. The van der Waals surface area contributed by atoms with Crippen LogP contribution in [-0.2, 0) is 4.79 Å². The summed E-state index contributed by atoms with van der Waals surface area (Å²) in [6.07, 6.45) is 3.74. The standard InChI is InChI=1S/C10H12N2OS/c1-7-4-5-14-9(7)6-11-12-10(13)8-2-3-8/h4-6,8H,2-3H2,1H3,(H,12,13)/b11-6-. The van der Waals surface area contributed by atoms with Gasteiger partial charge in [-0.3, -0.25) is 4.79 Å². The minimum Gasteiger partial charge on any atom is -0.273 e. The quantitative estimate of drug-likeness (QED) is 0.598. The Kier molecular flexibility index (Phi) is 2.63. The minimum atomic E-state index is 0.0514. The molecule has 14 heavy (non-hydrogen) atoms. The van der Waals surface area contributed by atoms with Crippen LogP contribution in [0, 0.1) is 12.8 Å². The van der Waals surface area contributed by atoms with Crippen molar-refractivity contribution < 1.29 is 4.79 Å². The van der Waals surface area contributed by atoms with E-state index >= 15 is 0 Å². The van der Waals surface area contributed by atoms with Gasteiger partial charge < -0.3 is 0 Å². The first-order valence-corrected chi connectivity index (χ1v) is 5.52. The van der Waals surface area contributed by atoms with Gasteiger partial charge in [-0.2, -0.15) is 5.10 Å². The third-order valence-corrected chi connectivity index (χ3v) is 3.16. The van der Waals surface area contributed by atoms with Crippen LogP contribution < -0.4 is 5.43 Å². The third-order valence-electron chi connectivity index (χ3n) is 2.21. The Hall–Kier alpha value is -1.16. The van der Waals surface area contributed by atoms with E-state index in [1.165, 1.54) is 5.56 Å². The maximum atomic E-state index is 11.2. The zero-order valence-corrected chi connectivity index (χ0v) is 8.80. The number of rotatable bonds is 3. The molecule has 74 valence electrons. The van der Waals surface area contributed by atoms with Crippen LogP contribution in [0.25, 0.3) is 0 Å². The zero-order valence-electron chi connectivity index (χ0n) is 7.99. The molecule has 1 N–H and O–H groups in total. The number of aryl methyl sites for hydroxylation is 1. The summed E-state index contributed by atoms with van der Waals surface area (Å²) in [7, 11) is 0. The number of nitrogens with zero attached hydrogens (tertiary/aromatic N) is 1. The van der Waals surface area contributed by atoms with E-state index in [1.54, 1.807) is 17.6 Å². The topological polar surface area (TPSA) is 41.5 Å². The van der Waals surface area contributed by atoms with Gasteiger partial charge in [0.25, 0.3) is 0 Å². The first-order valence-electron chi connectivity index (χ1n) is 4.64. The molecule has 0 atom stereocenters. The highest BCUT2D eigenvalue weighted by molar-refractivity contribution is 7.11. The monoisotopic (exact) mass is 208 g/mol. The van der Waals surface area contributed by atoms with Crippen LogP contribution in [0.5, 0.6) is 0 Å². The highest BCUT2D eigenvalue weighted by Crippen LogP contribution is 2.28. The van der Waals surface area contributed by atoms with Gasteiger partial charge in [0.15, 0.2) is 0 Å². The average Bonchev–Trinajstić information content (AvgIpc) is 2.93. The molecular formula is C10H12N2OS. The van der Waals surface area contributed by atoms with Crippen molar-refractivity contribution in [3.05, 3.63) is 21.9 Å². The molecule has 1 aliphatic rings. The number of hydrogen-bond donors (Lipinski definition) is 1. The maximum absolute atomic E-state index is 11.2. The lowest BCUT2D eigenvalue weighted by molar-refractivity contribution is -0.122. The Balaban J connectivity index is 1.87. The third kappa shape index (κ3) is 2.20. The molecule has 1 aromatic heterocycles. The van der Waals surface area contributed by atoms with Gasteiger partial charge in [-0.05, 0) is 36.8 Å². The van der Waals surface area contributed by atoms with Crippen molar-refractivity contribution in [3.63, 3.8) is 0 Å². The lowest BCUT2D eigenvalue weighted by Crippen LogP contribution is -2.18. The fraction of sp³-hybridized carbons (Fsp3) is 0.400. The number of nitrogens with one attached hydrogen (secondary N) is 1. The number of hydrazone groups is 1.